The number of ketones is 1. The zero-order valence-corrected chi connectivity index (χ0v) is 14.7. The number of rotatable bonds is 5. The molecule has 8 heteroatoms. The second-order valence-corrected chi connectivity index (χ2v) is 6.34. The van der Waals surface area contributed by atoms with Crippen LogP contribution in [-0.2, 0) is 4.79 Å². The number of carbonyl (C=O) groups excluding carboxylic acids is 3. The lowest BCUT2D eigenvalue weighted by atomic mass is 9.97. The van der Waals surface area contributed by atoms with Crippen LogP contribution in [0.1, 0.15) is 39.8 Å². The van der Waals surface area contributed by atoms with E-state index < -0.39 is 0 Å². The molecule has 1 atom stereocenters. The monoisotopic (exact) mass is 359 g/mol. The first-order valence-corrected chi connectivity index (χ1v) is 8.27. The molecule has 23 heavy (non-hydrogen) atoms. The fraction of sp³-hybridized carbons (Fsp3) is 0.533. The summed E-state index contributed by atoms with van der Waals surface area (Å²) in [6, 6.07) is 1.63. The van der Waals surface area contributed by atoms with Crippen LogP contribution in [-0.4, -0.2) is 48.7 Å². The molecule has 3 N–H and O–H groups in total. The van der Waals surface area contributed by atoms with Gasteiger partial charge in [0.05, 0.1) is 10.8 Å². The van der Waals surface area contributed by atoms with Crippen molar-refractivity contribution in [1.82, 2.24) is 10.2 Å². The summed E-state index contributed by atoms with van der Waals surface area (Å²) < 4.78 is 0. The molecular formula is C15H22ClN3O3S. The van der Waals surface area contributed by atoms with Crippen LogP contribution in [0.3, 0.4) is 0 Å². The van der Waals surface area contributed by atoms with Gasteiger partial charge >= 0.3 is 0 Å². The van der Waals surface area contributed by atoms with Crippen LogP contribution < -0.4 is 11.1 Å². The molecule has 1 aromatic heterocycles. The van der Waals surface area contributed by atoms with Crippen molar-refractivity contribution in [2.75, 3.05) is 26.2 Å². The van der Waals surface area contributed by atoms with Gasteiger partial charge in [0.15, 0.2) is 5.78 Å². The number of thiophene rings is 1. The molecule has 128 valence electrons. The molecule has 1 aromatic rings. The van der Waals surface area contributed by atoms with Gasteiger partial charge in [0, 0.05) is 37.1 Å². The minimum absolute atomic E-state index is 0. The number of piperidine rings is 1. The van der Waals surface area contributed by atoms with E-state index in [0.29, 0.717) is 36.6 Å². The Labute approximate surface area is 145 Å². The fourth-order valence-corrected chi connectivity index (χ4v) is 3.42. The van der Waals surface area contributed by atoms with Crippen molar-refractivity contribution in [2.45, 2.75) is 19.8 Å². The number of carbonyl (C=O) groups is 3. The van der Waals surface area contributed by atoms with Gasteiger partial charge in [0.25, 0.3) is 5.91 Å². The van der Waals surface area contributed by atoms with Gasteiger partial charge < -0.3 is 16.0 Å². The van der Waals surface area contributed by atoms with Crippen LogP contribution in [0.2, 0.25) is 0 Å². The van der Waals surface area contributed by atoms with Crippen LogP contribution in [0.25, 0.3) is 0 Å². The zero-order chi connectivity index (χ0) is 16.1. The molecule has 2 heterocycles. The van der Waals surface area contributed by atoms with Crippen LogP contribution in [0, 0.1) is 5.92 Å². The average Bonchev–Trinajstić information content (AvgIpc) is 3.02. The highest BCUT2D eigenvalue weighted by molar-refractivity contribution is 7.12. The Bertz CT molecular complexity index is 576. The highest BCUT2D eigenvalue weighted by atomic mass is 35.5. The van der Waals surface area contributed by atoms with Crippen LogP contribution in [0.15, 0.2) is 11.4 Å². The number of hydrogen-bond donors (Lipinski definition) is 2. The van der Waals surface area contributed by atoms with Crippen LogP contribution in [0.4, 0.5) is 0 Å². The van der Waals surface area contributed by atoms with Gasteiger partial charge in [0.1, 0.15) is 0 Å². The Morgan fingerprint density at radius 1 is 1.43 bits per heavy atom. The van der Waals surface area contributed by atoms with E-state index in [1.807, 2.05) is 0 Å². The molecule has 0 spiro atoms. The minimum Gasteiger partial charge on any atom is -0.355 e. The molecule has 1 aliphatic heterocycles. The maximum atomic E-state index is 12.5. The van der Waals surface area contributed by atoms with E-state index >= 15 is 0 Å². The molecule has 2 rings (SSSR count). The van der Waals surface area contributed by atoms with E-state index in [9.17, 15) is 14.4 Å². The quantitative estimate of drug-likeness (QED) is 0.775. The Morgan fingerprint density at radius 3 is 2.78 bits per heavy atom. The van der Waals surface area contributed by atoms with Crippen molar-refractivity contribution in [3.05, 3.63) is 21.9 Å². The summed E-state index contributed by atoms with van der Waals surface area (Å²) in [6.45, 7) is 3.41. The number of amides is 2. The smallest absolute Gasteiger partial charge is 0.263 e. The van der Waals surface area contributed by atoms with Crippen molar-refractivity contribution < 1.29 is 14.4 Å². The van der Waals surface area contributed by atoms with E-state index in [1.165, 1.54) is 18.3 Å². The summed E-state index contributed by atoms with van der Waals surface area (Å²) in [4.78, 5) is 38.1. The molecule has 1 unspecified atom stereocenters. The summed E-state index contributed by atoms with van der Waals surface area (Å²) in [5, 5.41) is 4.48. The third kappa shape index (κ3) is 5.02. The van der Waals surface area contributed by atoms with Crippen molar-refractivity contribution >= 4 is 41.3 Å². The number of nitrogens with zero attached hydrogens (tertiary/aromatic N) is 1. The SMILES string of the molecule is CC(=O)c1csc(C(=O)N2CCCC(C(=O)NCCN)C2)c1.Cl. The van der Waals surface area contributed by atoms with Gasteiger partial charge in [0.2, 0.25) is 5.91 Å². The molecule has 1 saturated heterocycles. The molecule has 1 aliphatic rings. The Balaban J connectivity index is 0.00000264. The number of Topliss-reactive ketones (excluding diaryl/α,β-unsaturated/α-hetero) is 1. The maximum Gasteiger partial charge on any atom is 0.263 e. The second-order valence-electron chi connectivity index (χ2n) is 5.43. The molecule has 0 aliphatic carbocycles. The summed E-state index contributed by atoms with van der Waals surface area (Å²) in [6.07, 6.45) is 1.58. The molecule has 2 amide bonds. The van der Waals surface area contributed by atoms with Gasteiger partial charge in [-0.25, -0.2) is 0 Å². The fourth-order valence-electron chi connectivity index (χ4n) is 2.50. The van der Waals surface area contributed by atoms with Crippen molar-refractivity contribution in [3.8, 4) is 0 Å². The molecule has 0 radical (unpaired) electrons. The van der Waals surface area contributed by atoms with Gasteiger partial charge in [-0.2, -0.15) is 0 Å². The van der Waals surface area contributed by atoms with Crippen LogP contribution in [0.5, 0.6) is 0 Å². The average molecular weight is 360 g/mol. The third-order valence-corrected chi connectivity index (χ3v) is 4.66. The first-order valence-electron chi connectivity index (χ1n) is 7.39. The van der Waals surface area contributed by atoms with Gasteiger partial charge in [-0.15, -0.1) is 23.7 Å². The van der Waals surface area contributed by atoms with Crippen LogP contribution >= 0.6 is 23.7 Å². The minimum atomic E-state index is -0.184. The number of nitrogens with one attached hydrogen (secondary N) is 1. The predicted molar refractivity (Wildman–Crippen MR) is 92.3 cm³/mol. The number of nitrogens with two attached hydrogens (primary N) is 1. The van der Waals surface area contributed by atoms with E-state index in [2.05, 4.69) is 5.32 Å². The molecule has 6 nitrogen and oxygen atoms in total. The van der Waals surface area contributed by atoms with Gasteiger partial charge in [-0.05, 0) is 25.8 Å². The summed E-state index contributed by atoms with van der Waals surface area (Å²) in [7, 11) is 0. The van der Waals surface area contributed by atoms with Crippen molar-refractivity contribution in [2.24, 2.45) is 11.7 Å². The first kappa shape index (κ1) is 19.6. The van der Waals surface area contributed by atoms with E-state index in [-0.39, 0.29) is 35.9 Å². The lowest BCUT2D eigenvalue weighted by molar-refractivity contribution is -0.126. The van der Waals surface area contributed by atoms with Crippen molar-refractivity contribution in [3.63, 3.8) is 0 Å². The van der Waals surface area contributed by atoms with Gasteiger partial charge in [-0.1, -0.05) is 0 Å². The molecular weight excluding hydrogens is 338 g/mol. The van der Waals surface area contributed by atoms with Gasteiger partial charge in [-0.3, -0.25) is 14.4 Å². The standard InChI is InChI=1S/C15H21N3O3S.ClH/c1-10(19)12-7-13(22-9-12)15(21)18-6-2-3-11(8-18)14(20)17-5-4-16;/h7,9,11H,2-6,8,16H2,1H3,(H,17,20);1H. The Morgan fingerprint density at radius 2 is 2.17 bits per heavy atom. The summed E-state index contributed by atoms with van der Waals surface area (Å²) in [5.41, 5.74) is 5.94. The maximum absolute atomic E-state index is 12.5. The topological polar surface area (TPSA) is 92.5 Å². The lowest BCUT2D eigenvalue weighted by Gasteiger charge is -2.31. The number of hydrogen-bond acceptors (Lipinski definition) is 5. The number of halogens is 1. The highest BCUT2D eigenvalue weighted by Gasteiger charge is 2.29. The Hall–Kier alpha value is -1.44. The molecule has 0 saturated carbocycles. The normalized spacial score (nSPS) is 17.3. The number of likely N-dealkylation sites (tertiary alicyclic amines) is 1. The van der Waals surface area contributed by atoms with Crippen molar-refractivity contribution in [1.29, 1.82) is 0 Å². The molecule has 0 bridgehead atoms. The third-order valence-electron chi connectivity index (χ3n) is 3.74. The second kappa shape index (κ2) is 9.00. The molecule has 0 aromatic carbocycles. The largest absolute Gasteiger partial charge is 0.355 e. The molecule has 1 fully saturated rings. The highest BCUT2D eigenvalue weighted by Crippen LogP contribution is 2.22. The van der Waals surface area contributed by atoms with E-state index in [0.717, 1.165) is 12.8 Å². The lowest BCUT2D eigenvalue weighted by Crippen LogP contribution is -2.46. The predicted octanol–water partition coefficient (Wildman–Crippen LogP) is 1.30. The Kier molecular flexibility index (Phi) is 7.67. The van der Waals surface area contributed by atoms with E-state index in [4.69, 9.17) is 5.73 Å². The zero-order valence-electron chi connectivity index (χ0n) is 13.0. The summed E-state index contributed by atoms with van der Waals surface area (Å²) in [5.74, 6) is -0.378. The first-order chi connectivity index (χ1) is 10.5. The van der Waals surface area contributed by atoms with E-state index in [1.54, 1.807) is 16.3 Å². The summed E-state index contributed by atoms with van der Waals surface area (Å²) >= 11 is 1.27.